The Morgan fingerprint density at radius 3 is 2.30 bits per heavy atom. The number of halogens is 2. The van der Waals surface area contributed by atoms with Gasteiger partial charge in [0.1, 0.15) is 6.26 Å². The Kier molecular flexibility index (Phi) is 4.87. The summed E-state index contributed by atoms with van der Waals surface area (Å²) in [6.07, 6.45) is 1.62. The molecule has 6 heteroatoms. The molecule has 3 aromatic rings. The summed E-state index contributed by atoms with van der Waals surface area (Å²) in [4.78, 5) is 9.20. The van der Waals surface area contributed by atoms with E-state index in [-0.39, 0.29) is 5.28 Å². The third kappa shape index (κ3) is 3.67. The summed E-state index contributed by atoms with van der Waals surface area (Å²) < 4.78 is 12.0. The van der Waals surface area contributed by atoms with Crippen LogP contribution >= 0.6 is 23.2 Å². The molecule has 1 atom stereocenters. The molecule has 116 valence electrons. The maximum absolute atomic E-state index is 12.0. The maximum Gasteiger partial charge on any atom is 0.223 e. The number of aromatic nitrogens is 2. The SMILES string of the molecule is C[S+]([O-])c1ccc(Cl)cc1-c1cc(-c2ccccc2)nc(Cl)n1. The van der Waals surface area contributed by atoms with E-state index in [2.05, 4.69) is 9.97 Å². The Morgan fingerprint density at radius 2 is 1.61 bits per heavy atom. The molecule has 0 aliphatic rings. The Labute approximate surface area is 147 Å². The first-order valence-corrected chi connectivity index (χ1v) is 9.09. The molecule has 1 unspecified atom stereocenters. The van der Waals surface area contributed by atoms with Crippen molar-refractivity contribution < 1.29 is 4.55 Å². The van der Waals surface area contributed by atoms with Gasteiger partial charge in [0.15, 0.2) is 4.90 Å². The molecular weight excluding hydrogens is 351 g/mol. The third-order valence-electron chi connectivity index (χ3n) is 3.30. The first-order valence-electron chi connectivity index (χ1n) is 6.78. The predicted molar refractivity (Wildman–Crippen MR) is 95.3 cm³/mol. The summed E-state index contributed by atoms with van der Waals surface area (Å²) in [6.45, 7) is 0. The quantitative estimate of drug-likeness (QED) is 0.493. The highest BCUT2D eigenvalue weighted by Gasteiger charge is 2.17. The standard InChI is InChI=1S/C17H12Cl2N2OS/c1-23(22)16-8-7-12(18)9-13(16)15-10-14(20-17(19)21-15)11-5-3-2-4-6-11/h2-10H,1H3. The molecule has 0 radical (unpaired) electrons. The zero-order valence-corrected chi connectivity index (χ0v) is 14.5. The van der Waals surface area contributed by atoms with Gasteiger partial charge in [0, 0.05) is 10.6 Å². The van der Waals surface area contributed by atoms with Crippen LogP contribution in [0.3, 0.4) is 0 Å². The van der Waals surface area contributed by atoms with Crippen LogP contribution in [0.25, 0.3) is 22.5 Å². The van der Waals surface area contributed by atoms with Crippen molar-refractivity contribution in [1.82, 2.24) is 9.97 Å². The molecule has 0 aliphatic carbocycles. The van der Waals surface area contributed by atoms with E-state index in [9.17, 15) is 4.55 Å². The second-order valence-electron chi connectivity index (χ2n) is 4.87. The first kappa shape index (κ1) is 16.3. The number of nitrogens with zero attached hydrogens (tertiary/aromatic N) is 2. The molecule has 0 amide bonds. The zero-order valence-electron chi connectivity index (χ0n) is 12.2. The summed E-state index contributed by atoms with van der Waals surface area (Å²) in [5, 5.41) is 0.680. The molecule has 1 aromatic heterocycles. The summed E-state index contributed by atoms with van der Waals surface area (Å²) in [7, 11) is 0. The van der Waals surface area contributed by atoms with E-state index in [0.717, 1.165) is 5.56 Å². The van der Waals surface area contributed by atoms with Crippen LogP contribution in [-0.2, 0) is 11.2 Å². The fourth-order valence-electron chi connectivity index (χ4n) is 2.27. The lowest BCUT2D eigenvalue weighted by Crippen LogP contribution is -2.01. The minimum absolute atomic E-state index is 0.133. The van der Waals surface area contributed by atoms with Crippen molar-refractivity contribution >= 4 is 34.4 Å². The normalized spacial score (nSPS) is 12.2. The maximum atomic E-state index is 12.0. The van der Waals surface area contributed by atoms with Crippen molar-refractivity contribution in [3.63, 3.8) is 0 Å². The molecule has 0 spiro atoms. The van der Waals surface area contributed by atoms with Gasteiger partial charge in [-0.3, -0.25) is 0 Å². The van der Waals surface area contributed by atoms with Crippen molar-refractivity contribution in [2.24, 2.45) is 0 Å². The van der Waals surface area contributed by atoms with E-state index in [4.69, 9.17) is 23.2 Å². The first-order chi connectivity index (χ1) is 11.0. The van der Waals surface area contributed by atoms with Crippen molar-refractivity contribution in [2.75, 3.05) is 6.26 Å². The van der Waals surface area contributed by atoms with Crippen LogP contribution in [0.1, 0.15) is 0 Å². The number of hydrogen-bond donors (Lipinski definition) is 0. The van der Waals surface area contributed by atoms with Crippen LogP contribution in [0.2, 0.25) is 10.3 Å². The molecule has 0 aliphatic heterocycles. The van der Waals surface area contributed by atoms with Gasteiger partial charge < -0.3 is 4.55 Å². The molecule has 0 bridgehead atoms. The lowest BCUT2D eigenvalue weighted by Gasteiger charge is -2.11. The van der Waals surface area contributed by atoms with E-state index in [0.29, 0.717) is 26.9 Å². The molecule has 3 rings (SSSR count). The van der Waals surface area contributed by atoms with Crippen molar-refractivity contribution in [3.8, 4) is 22.5 Å². The minimum atomic E-state index is -1.17. The van der Waals surface area contributed by atoms with Crippen LogP contribution in [0.4, 0.5) is 0 Å². The highest BCUT2D eigenvalue weighted by Crippen LogP contribution is 2.31. The topological polar surface area (TPSA) is 48.8 Å². The van der Waals surface area contributed by atoms with Gasteiger partial charge in [0.2, 0.25) is 5.28 Å². The minimum Gasteiger partial charge on any atom is -0.612 e. The summed E-state index contributed by atoms with van der Waals surface area (Å²) >= 11 is 11.0. The van der Waals surface area contributed by atoms with Gasteiger partial charge in [-0.25, -0.2) is 9.97 Å². The number of rotatable bonds is 3. The van der Waals surface area contributed by atoms with Crippen molar-refractivity contribution in [2.45, 2.75) is 4.90 Å². The lowest BCUT2D eigenvalue weighted by atomic mass is 10.1. The van der Waals surface area contributed by atoms with Gasteiger partial charge in [-0.05, 0) is 47.0 Å². The van der Waals surface area contributed by atoms with Crippen molar-refractivity contribution in [3.05, 3.63) is 64.9 Å². The molecule has 3 nitrogen and oxygen atoms in total. The van der Waals surface area contributed by atoms with E-state index in [1.165, 1.54) is 0 Å². The van der Waals surface area contributed by atoms with Gasteiger partial charge in [-0.1, -0.05) is 41.9 Å². The average Bonchev–Trinajstić information content (AvgIpc) is 2.54. The van der Waals surface area contributed by atoms with Gasteiger partial charge >= 0.3 is 0 Å². The molecule has 0 saturated heterocycles. The van der Waals surface area contributed by atoms with Crippen LogP contribution < -0.4 is 0 Å². The molecule has 1 heterocycles. The largest absolute Gasteiger partial charge is 0.612 e. The van der Waals surface area contributed by atoms with Crippen LogP contribution in [0.15, 0.2) is 59.5 Å². The molecule has 0 N–H and O–H groups in total. The smallest absolute Gasteiger partial charge is 0.223 e. The molecular formula is C17H12Cl2N2OS. The second kappa shape index (κ2) is 6.89. The number of hydrogen-bond acceptors (Lipinski definition) is 3. The molecule has 2 aromatic carbocycles. The second-order valence-corrected chi connectivity index (χ2v) is 6.99. The van der Waals surface area contributed by atoms with E-state index in [1.807, 2.05) is 36.4 Å². The summed E-state index contributed by atoms with van der Waals surface area (Å²) in [5.74, 6) is 0. The fraction of sp³-hybridized carbons (Fsp3) is 0.0588. The monoisotopic (exact) mass is 362 g/mol. The molecule has 0 fully saturated rings. The molecule has 23 heavy (non-hydrogen) atoms. The fourth-order valence-corrected chi connectivity index (χ4v) is 3.35. The number of benzene rings is 2. The van der Waals surface area contributed by atoms with E-state index in [1.54, 1.807) is 24.5 Å². The van der Waals surface area contributed by atoms with Crippen LogP contribution in [0, 0.1) is 0 Å². The highest BCUT2D eigenvalue weighted by atomic mass is 35.5. The van der Waals surface area contributed by atoms with Crippen LogP contribution in [0.5, 0.6) is 0 Å². The Morgan fingerprint density at radius 1 is 0.913 bits per heavy atom. The van der Waals surface area contributed by atoms with Gasteiger partial charge in [0.25, 0.3) is 0 Å². The van der Waals surface area contributed by atoms with Gasteiger partial charge in [0.05, 0.1) is 17.0 Å². The van der Waals surface area contributed by atoms with E-state index >= 15 is 0 Å². The van der Waals surface area contributed by atoms with Crippen molar-refractivity contribution in [1.29, 1.82) is 0 Å². The van der Waals surface area contributed by atoms with Gasteiger partial charge in [-0.15, -0.1) is 0 Å². The Bertz CT molecular complexity index is 841. The predicted octanol–water partition coefficient (Wildman–Crippen LogP) is 4.85. The summed E-state index contributed by atoms with van der Waals surface area (Å²) in [6, 6.07) is 16.7. The summed E-state index contributed by atoms with van der Waals surface area (Å²) in [5.41, 5.74) is 2.92. The third-order valence-corrected chi connectivity index (χ3v) is 4.68. The van der Waals surface area contributed by atoms with Gasteiger partial charge in [-0.2, -0.15) is 0 Å². The lowest BCUT2D eigenvalue weighted by molar-refractivity contribution is 0.601. The Balaban J connectivity index is 2.18. The highest BCUT2D eigenvalue weighted by molar-refractivity contribution is 7.90. The molecule has 0 saturated carbocycles. The average molecular weight is 363 g/mol. The van der Waals surface area contributed by atoms with Crippen LogP contribution in [-0.4, -0.2) is 20.8 Å². The zero-order chi connectivity index (χ0) is 16.4. The van der Waals surface area contributed by atoms with E-state index < -0.39 is 11.2 Å². The Hall–Kier alpha value is -1.59.